The van der Waals surface area contributed by atoms with Crippen LogP contribution >= 0.6 is 23.2 Å². The van der Waals surface area contributed by atoms with E-state index < -0.39 is 0 Å². The Morgan fingerprint density at radius 1 is 1.40 bits per heavy atom. The number of halogens is 2. The molecule has 2 aromatic rings. The lowest BCUT2D eigenvalue weighted by Gasteiger charge is -2.21. The first-order chi connectivity index (χ1) is 9.52. The van der Waals surface area contributed by atoms with Crippen LogP contribution in [-0.4, -0.2) is 44.9 Å². The van der Waals surface area contributed by atoms with Crippen LogP contribution in [-0.2, 0) is 13.0 Å². The number of aromatic nitrogens is 3. The normalized spacial score (nSPS) is 11.9. The highest BCUT2D eigenvalue weighted by molar-refractivity contribution is 6.31. The Morgan fingerprint density at radius 3 is 2.80 bits per heavy atom. The van der Waals surface area contributed by atoms with Gasteiger partial charge in [0.05, 0.1) is 5.02 Å². The molecule has 2 rings (SSSR count). The second kappa shape index (κ2) is 6.74. The van der Waals surface area contributed by atoms with Crippen LogP contribution < -0.4 is 0 Å². The number of fused-ring (bicyclic) bond motifs is 1. The molecule has 4 nitrogen and oxygen atoms in total. The van der Waals surface area contributed by atoms with Crippen LogP contribution in [0.2, 0.25) is 5.02 Å². The van der Waals surface area contributed by atoms with E-state index in [1.807, 2.05) is 6.07 Å². The number of imidazole rings is 1. The van der Waals surface area contributed by atoms with Crippen LogP contribution in [0.25, 0.3) is 11.2 Å². The summed E-state index contributed by atoms with van der Waals surface area (Å²) in [6.07, 6.45) is 2.40. The largest absolute Gasteiger partial charge is 0.311 e. The third-order valence-electron chi connectivity index (χ3n) is 3.51. The summed E-state index contributed by atoms with van der Waals surface area (Å²) in [6, 6.07) is 2.37. The molecule has 0 aliphatic rings. The van der Waals surface area contributed by atoms with Crippen LogP contribution in [0.3, 0.4) is 0 Å². The highest BCUT2D eigenvalue weighted by Gasteiger charge is 2.13. The number of pyridine rings is 1. The molecule has 0 N–H and O–H groups in total. The van der Waals surface area contributed by atoms with Gasteiger partial charge in [0.25, 0.3) is 0 Å². The Labute approximate surface area is 129 Å². The summed E-state index contributed by atoms with van der Waals surface area (Å²) in [4.78, 5) is 11.3. The Balaban J connectivity index is 2.31. The fraction of sp³-hybridized carbons (Fsp3) is 0.571. The van der Waals surface area contributed by atoms with E-state index in [1.165, 1.54) is 0 Å². The van der Waals surface area contributed by atoms with Gasteiger partial charge in [0.15, 0.2) is 5.65 Å². The van der Waals surface area contributed by atoms with Crippen LogP contribution in [0.15, 0.2) is 12.3 Å². The second-order valence-electron chi connectivity index (χ2n) is 5.19. The van der Waals surface area contributed by atoms with Crippen LogP contribution in [0.4, 0.5) is 0 Å². The lowest BCUT2D eigenvalue weighted by molar-refractivity contribution is 0.263. The third-order valence-corrected chi connectivity index (χ3v) is 3.90. The van der Waals surface area contributed by atoms with Gasteiger partial charge in [-0.25, -0.2) is 9.97 Å². The van der Waals surface area contributed by atoms with Crippen molar-refractivity contribution in [3.63, 3.8) is 0 Å². The molecule has 0 saturated carbocycles. The molecule has 0 bridgehead atoms. The van der Waals surface area contributed by atoms with E-state index in [0.29, 0.717) is 16.9 Å². The first-order valence-corrected chi connectivity index (χ1v) is 7.71. The summed E-state index contributed by atoms with van der Waals surface area (Å²) in [7, 11) is 2.12. The highest BCUT2D eigenvalue weighted by atomic mass is 35.5. The smallest absolute Gasteiger partial charge is 0.160 e. The number of alkyl halides is 1. The van der Waals surface area contributed by atoms with Crippen molar-refractivity contribution < 1.29 is 0 Å². The number of nitrogens with zero attached hydrogens (tertiary/aromatic N) is 4. The van der Waals surface area contributed by atoms with Crippen molar-refractivity contribution in [1.82, 2.24) is 19.4 Å². The monoisotopic (exact) mass is 314 g/mol. The standard InChI is InChI=1S/C14H20Cl2N4/c1-10(2)19(3)6-7-20-13(4-5-15)18-12-8-11(16)9-17-14(12)20/h8-10H,4-7H2,1-3H3. The van der Waals surface area contributed by atoms with Crippen molar-refractivity contribution in [2.75, 3.05) is 19.5 Å². The number of likely N-dealkylation sites (N-methyl/N-ethyl adjacent to an activating group) is 1. The zero-order valence-electron chi connectivity index (χ0n) is 12.1. The van der Waals surface area contributed by atoms with E-state index in [4.69, 9.17) is 23.2 Å². The van der Waals surface area contributed by atoms with E-state index in [0.717, 1.165) is 36.5 Å². The molecule has 0 atom stereocenters. The van der Waals surface area contributed by atoms with Gasteiger partial charge in [-0.05, 0) is 27.0 Å². The maximum absolute atomic E-state index is 5.98. The molecule has 2 heterocycles. The lowest BCUT2D eigenvalue weighted by atomic mass is 10.3. The molecule has 2 aromatic heterocycles. The van der Waals surface area contributed by atoms with Crippen LogP contribution in [0, 0.1) is 0 Å². The minimum absolute atomic E-state index is 0.517. The summed E-state index contributed by atoms with van der Waals surface area (Å²) in [5.41, 5.74) is 1.72. The Bertz CT molecular complexity index is 580. The minimum atomic E-state index is 0.517. The van der Waals surface area contributed by atoms with Gasteiger partial charge in [0, 0.05) is 37.6 Å². The number of hydrogen-bond acceptors (Lipinski definition) is 3. The number of aryl methyl sites for hydroxylation is 1. The molecular weight excluding hydrogens is 295 g/mol. The first kappa shape index (κ1) is 15.5. The maximum atomic E-state index is 5.98. The van der Waals surface area contributed by atoms with Gasteiger partial charge in [-0.1, -0.05) is 11.6 Å². The molecule has 0 saturated heterocycles. The molecule has 110 valence electrons. The van der Waals surface area contributed by atoms with Crippen LogP contribution in [0.1, 0.15) is 19.7 Å². The molecule has 0 spiro atoms. The Kier molecular flexibility index (Phi) is 5.24. The van der Waals surface area contributed by atoms with Crippen molar-refractivity contribution in [3.8, 4) is 0 Å². The predicted octanol–water partition coefficient (Wildman–Crippen LogP) is 3.21. The van der Waals surface area contributed by atoms with Gasteiger partial charge in [-0.3, -0.25) is 0 Å². The summed E-state index contributed by atoms with van der Waals surface area (Å²) in [5.74, 6) is 1.53. The van der Waals surface area contributed by atoms with Crippen LogP contribution in [0.5, 0.6) is 0 Å². The predicted molar refractivity (Wildman–Crippen MR) is 84.7 cm³/mol. The topological polar surface area (TPSA) is 34.0 Å². The SMILES string of the molecule is CC(C)N(C)CCn1c(CCCl)nc2cc(Cl)cnc21. The van der Waals surface area contributed by atoms with E-state index in [2.05, 4.69) is 40.3 Å². The van der Waals surface area contributed by atoms with E-state index in [1.54, 1.807) is 6.20 Å². The van der Waals surface area contributed by atoms with Gasteiger partial charge in [-0.15, -0.1) is 11.6 Å². The van der Waals surface area contributed by atoms with Gasteiger partial charge in [-0.2, -0.15) is 0 Å². The molecule has 0 aliphatic carbocycles. The third kappa shape index (κ3) is 3.43. The quantitative estimate of drug-likeness (QED) is 0.768. The average Bonchev–Trinajstić information content (AvgIpc) is 2.72. The summed E-state index contributed by atoms with van der Waals surface area (Å²) in [5, 5.41) is 0.610. The van der Waals surface area contributed by atoms with Crippen molar-refractivity contribution in [2.45, 2.75) is 32.9 Å². The zero-order valence-corrected chi connectivity index (χ0v) is 13.6. The molecule has 0 aromatic carbocycles. The molecule has 0 unspecified atom stereocenters. The van der Waals surface area contributed by atoms with Gasteiger partial charge >= 0.3 is 0 Å². The van der Waals surface area contributed by atoms with Gasteiger partial charge in [0.1, 0.15) is 11.3 Å². The molecular formula is C14H20Cl2N4. The summed E-state index contributed by atoms with van der Waals surface area (Å²) < 4.78 is 2.15. The van der Waals surface area contributed by atoms with Gasteiger partial charge in [0.2, 0.25) is 0 Å². The second-order valence-corrected chi connectivity index (χ2v) is 6.00. The molecule has 0 radical (unpaired) electrons. The summed E-state index contributed by atoms with van der Waals surface area (Å²) >= 11 is 11.9. The minimum Gasteiger partial charge on any atom is -0.311 e. The van der Waals surface area contributed by atoms with Crippen molar-refractivity contribution >= 4 is 34.4 Å². The van der Waals surface area contributed by atoms with E-state index in [-0.39, 0.29) is 0 Å². The van der Waals surface area contributed by atoms with Crippen molar-refractivity contribution in [1.29, 1.82) is 0 Å². The molecule has 6 heteroatoms. The number of rotatable bonds is 6. The lowest BCUT2D eigenvalue weighted by Crippen LogP contribution is -2.30. The fourth-order valence-electron chi connectivity index (χ4n) is 2.06. The summed E-state index contributed by atoms with van der Waals surface area (Å²) in [6.45, 7) is 6.17. The number of hydrogen-bond donors (Lipinski definition) is 0. The van der Waals surface area contributed by atoms with E-state index in [9.17, 15) is 0 Å². The average molecular weight is 315 g/mol. The highest BCUT2D eigenvalue weighted by Crippen LogP contribution is 2.18. The Hall–Kier alpha value is -0.840. The fourth-order valence-corrected chi connectivity index (χ4v) is 2.38. The zero-order chi connectivity index (χ0) is 14.7. The molecule has 0 aliphatic heterocycles. The molecule has 20 heavy (non-hydrogen) atoms. The maximum Gasteiger partial charge on any atom is 0.160 e. The van der Waals surface area contributed by atoms with Crippen molar-refractivity contribution in [2.24, 2.45) is 0 Å². The molecule has 0 fully saturated rings. The van der Waals surface area contributed by atoms with Gasteiger partial charge < -0.3 is 9.47 Å². The molecule has 0 amide bonds. The Morgan fingerprint density at radius 2 is 2.15 bits per heavy atom. The van der Waals surface area contributed by atoms with Crippen molar-refractivity contribution in [3.05, 3.63) is 23.1 Å². The first-order valence-electron chi connectivity index (χ1n) is 6.79. The van der Waals surface area contributed by atoms with E-state index >= 15 is 0 Å².